The van der Waals surface area contributed by atoms with Gasteiger partial charge in [-0.15, -0.1) is 0 Å². The molecular weight excluding hydrogens is 304 g/mol. The molecule has 1 aliphatic rings. The summed E-state index contributed by atoms with van der Waals surface area (Å²) in [6, 6.07) is 16.5. The van der Waals surface area contributed by atoms with Crippen LogP contribution in [-0.2, 0) is 4.74 Å². The Hall–Kier alpha value is -2.82. The monoisotopic (exact) mass is 324 g/mol. The largest absolute Gasteiger partial charge is 0.462 e. The highest BCUT2D eigenvalue weighted by Crippen LogP contribution is 2.23. The smallest absolute Gasteiger partial charge is 0.338 e. The number of carbonyl (C=O) groups is 2. The summed E-state index contributed by atoms with van der Waals surface area (Å²) in [6.45, 7) is 2.21. The second kappa shape index (κ2) is 7.17. The molecule has 0 radical (unpaired) electrons. The molecule has 1 aliphatic heterocycles. The number of esters is 1. The molecule has 1 amide bonds. The van der Waals surface area contributed by atoms with Crippen LogP contribution in [0.15, 0.2) is 54.6 Å². The first-order chi connectivity index (χ1) is 11.6. The van der Waals surface area contributed by atoms with Gasteiger partial charge in [-0.2, -0.15) is 0 Å². The predicted octanol–water partition coefficient (Wildman–Crippen LogP) is 2.47. The Morgan fingerprint density at radius 1 is 1.08 bits per heavy atom. The van der Waals surface area contributed by atoms with Crippen LogP contribution in [0.25, 0.3) is 0 Å². The number of anilines is 1. The first-order valence-corrected chi connectivity index (χ1v) is 8.00. The first kappa shape index (κ1) is 16.1. The molecular formula is C19H20N2O3. The van der Waals surface area contributed by atoms with Gasteiger partial charge >= 0.3 is 5.97 Å². The molecule has 0 aliphatic carbocycles. The van der Waals surface area contributed by atoms with Crippen molar-refractivity contribution in [1.82, 2.24) is 0 Å². The second-order valence-electron chi connectivity index (χ2n) is 5.98. The topological polar surface area (TPSA) is 72.6 Å². The lowest BCUT2D eigenvalue weighted by Crippen LogP contribution is -2.22. The maximum atomic E-state index is 12.1. The molecule has 1 saturated heterocycles. The Labute approximate surface area is 141 Å². The molecule has 2 aromatic carbocycles. The minimum Gasteiger partial charge on any atom is -0.462 e. The fraction of sp³-hybridized carbons (Fsp3) is 0.263. The Balaban J connectivity index is 1.54. The van der Waals surface area contributed by atoms with E-state index in [0.29, 0.717) is 23.7 Å². The molecule has 3 rings (SSSR count). The Morgan fingerprint density at radius 3 is 2.58 bits per heavy atom. The summed E-state index contributed by atoms with van der Waals surface area (Å²) >= 11 is 0. The average Bonchev–Trinajstić information content (AvgIpc) is 3.09. The fourth-order valence-corrected chi connectivity index (χ4v) is 2.92. The van der Waals surface area contributed by atoms with Crippen molar-refractivity contribution in [3.05, 3.63) is 65.7 Å². The lowest BCUT2D eigenvalue weighted by atomic mass is 10.1. The van der Waals surface area contributed by atoms with Gasteiger partial charge in [0.1, 0.15) is 0 Å². The van der Waals surface area contributed by atoms with Gasteiger partial charge in [-0.25, -0.2) is 4.79 Å². The Bertz CT molecular complexity index is 730. The zero-order valence-electron chi connectivity index (χ0n) is 13.4. The molecule has 1 heterocycles. The van der Waals surface area contributed by atoms with Gasteiger partial charge in [-0.3, -0.25) is 4.79 Å². The van der Waals surface area contributed by atoms with E-state index in [1.807, 2.05) is 18.2 Å². The molecule has 0 bridgehead atoms. The fourth-order valence-electron chi connectivity index (χ4n) is 2.92. The lowest BCUT2D eigenvalue weighted by Gasteiger charge is -2.18. The van der Waals surface area contributed by atoms with Gasteiger partial charge in [0.25, 0.3) is 0 Å². The first-order valence-electron chi connectivity index (χ1n) is 8.00. The zero-order chi connectivity index (χ0) is 16.9. The molecule has 1 fully saturated rings. The molecule has 2 aromatic rings. The third kappa shape index (κ3) is 3.74. The van der Waals surface area contributed by atoms with E-state index in [1.54, 1.807) is 18.2 Å². The summed E-state index contributed by atoms with van der Waals surface area (Å²) in [5.74, 6) is -0.663. The number of ether oxygens (including phenoxy) is 1. The number of nitrogens with two attached hydrogens (primary N) is 1. The van der Waals surface area contributed by atoms with Crippen molar-refractivity contribution in [2.24, 2.45) is 11.7 Å². The van der Waals surface area contributed by atoms with E-state index >= 15 is 0 Å². The van der Waals surface area contributed by atoms with Gasteiger partial charge in [0.2, 0.25) is 5.91 Å². The number of primary amides is 1. The van der Waals surface area contributed by atoms with Crippen LogP contribution in [0.4, 0.5) is 5.69 Å². The molecule has 0 spiro atoms. The average molecular weight is 324 g/mol. The second-order valence-corrected chi connectivity index (χ2v) is 5.98. The van der Waals surface area contributed by atoms with Crippen LogP contribution >= 0.6 is 0 Å². The van der Waals surface area contributed by atoms with Gasteiger partial charge < -0.3 is 15.4 Å². The Kier molecular flexibility index (Phi) is 4.79. The van der Waals surface area contributed by atoms with E-state index in [1.165, 1.54) is 11.8 Å². The number of rotatable bonds is 5. The van der Waals surface area contributed by atoms with Crippen molar-refractivity contribution < 1.29 is 14.3 Å². The minimum absolute atomic E-state index is 0.306. The maximum absolute atomic E-state index is 12.1. The highest BCUT2D eigenvalue weighted by molar-refractivity contribution is 5.97. The quantitative estimate of drug-likeness (QED) is 0.858. The molecule has 5 nitrogen and oxygen atoms in total. The molecule has 0 saturated carbocycles. The third-order valence-corrected chi connectivity index (χ3v) is 4.24. The Morgan fingerprint density at radius 2 is 1.83 bits per heavy atom. The number of amides is 1. The van der Waals surface area contributed by atoms with Gasteiger partial charge in [-0.1, -0.05) is 24.3 Å². The van der Waals surface area contributed by atoms with Gasteiger partial charge in [0.05, 0.1) is 12.2 Å². The van der Waals surface area contributed by atoms with Crippen molar-refractivity contribution in [1.29, 1.82) is 0 Å². The van der Waals surface area contributed by atoms with Crippen LogP contribution in [-0.4, -0.2) is 31.6 Å². The summed E-state index contributed by atoms with van der Waals surface area (Å²) in [7, 11) is 0. The number of carbonyl (C=O) groups excluding carboxylic acids is 2. The molecule has 1 atom stereocenters. The summed E-state index contributed by atoms with van der Waals surface area (Å²) in [5.41, 5.74) is 7.08. The van der Waals surface area contributed by atoms with Crippen LogP contribution in [0.2, 0.25) is 0 Å². The van der Waals surface area contributed by atoms with E-state index < -0.39 is 11.9 Å². The lowest BCUT2D eigenvalue weighted by molar-refractivity contribution is 0.0451. The summed E-state index contributed by atoms with van der Waals surface area (Å²) in [4.78, 5) is 25.6. The van der Waals surface area contributed by atoms with Crippen molar-refractivity contribution >= 4 is 17.6 Å². The number of benzene rings is 2. The molecule has 24 heavy (non-hydrogen) atoms. The SMILES string of the molecule is NC(=O)c1cccc(C(=O)OC[C@@H]2CCN(c3ccccc3)C2)c1. The van der Waals surface area contributed by atoms with E-state index in [0.717, 1.165) is 19.5 Å². The van der Waals surface area contributed by atoms with Crippen molar-refractivity contribution in [2.45, 2.75) is 6.42 Å². The highest BCUT2D eigenvalue weighted by atomic mass is 16.5. The van der Waals surface area contributed by atoms with Gasteiger partial charge in [0.15, 0.2) is 0 Å². The van der Waals surface area contributed by atoms with Crippen LogP contribution in [0.1, 0.15) is 27.1 Å². The van der Waals surface area contributed by atoms with E-state index in [-0.39, 0.29) is 0 Å². The number of hydrogen-bond donors (Lipinski definition) is 1. The molecule has 124 valence electrons. The third-order valence-electron chi connectivity index (χ3n) is 4.24. The highest BCUT2D eigenvalue weighted by Gasteiger charge is 2.24. The molecule has 5 heteroatoms. The molecule has 0 aromatic heterocycles. The van der Waals surface area contributed by atoms with Crippen molar-refractivity contribution in [3.8, 4) is 0 Å². The summed E-state index contributed by atoms with van der Waals surface area (Å²) in [5, 5.41) is 0. The van der Waals surface area contributed by atoms with Crippen molar-refractivity contribution in [2.75, 3.05) is 24.6 Å². The minimum atomic E-state index is -0.557. The van der Waals surface area contributed by atoms with Crippen LogP contribution in [0.3, 0.4) is 0 Å². The van der Waals surface area contributed by atoms with Gasteiger partial charge in [0, 0.05) is 30.3 Å². The molecule has 2 N–H and O–H groups in total. The summed E-state index contributed by atoms with van der Waals surface area (Å²) < 4.78 is 5.41. The van der Waals surface area contributed by atoms with E-state index in [9.17, 15) is 9.59 Å². The molecule has 0 unspecified atom stereocenters. The predicted molar refractivity (Wildman–Crippen MR) is 92.0 cm³/mol. The summed E-state index contributed by atoms with van der Waals surface area (Å²) in [6.07, 6.45) is 0.990. The van der Waals surface area contributed by atoms with Crippen LogP contribution in [0.5, 0.6) is 0 Å². The number of hydrogen-bond acceptors (Lipinski definition) is 4. The number of nitrogens with zero attached hydrogens (tertiary/aromatic N) is 1. The van der Waals surface area contributed by atoms with Crippen LogP contribution < -0.4 is 10.6 Å². The van der Waals surface area contributed by atoms with E-state index in [2.05, 4.69) is 17.0 Å². The van der Waals surface area contributed by atoms with E-state index in [4.69, 9.17) is 10.5 Å². The normalized spacial score (nSPS) is 16.8. The zero-order valence-corrected chi connectivity index (χ0v) is 13.4. The van der Waals surface area contributed by atoms with Gasteiger partial charge in [-0.05, 0) is 36.8 Å². The maximum Gasteiger partial charge on any atom is 0.338 e. The number of para-hydroxylation sites is 1. The van der Waals surface area contributed by atoms with Crippen LogP contribution in [0, 0.1) is 5.92 Å². The standard InChI is InChI=1S/C19H20N2O3/c20-18(22)15-5-4-6-16(11-15)19(23)24-13-14-9-10-21(12-14)17-7-2-1-3-8-17/h1-8,11,14H,9-10,12-13H2,(H2,20,22)/t14-/m1/s1. The van der Waals surface area contributed by atoms with Crippen molar-refractivity contribution in [3.63, 3.8) is 0 Å².